The Bertz CT molecular complexity index is 361. The Hall–Kier alpha value is 0.300. The van der Waals surface area contributed by atoms with Crippen LogP contribution in [0.4, 0.5) is 5.69 Å². The topological polar surface area (TPSA) is 104 Å². The fraction of sp³-hybridized carbons (Fsp3) is 0.364. The first-order valence-electron chi connectivity index (χ1n) is 5.27. The van der Waals surface area contributed by atoms with Gasteiger partial charge in [0, 0.05) is 36.9 Å². The molecular weight excluding hydrogens is 329 g/mol. The van der Waals surface area contributed by atoms with Gasteiger partial charge < -0.3 is 51.7 Å². The van der Waals surface area contributed by atoms with E-state index in [1.165, 1.54) is 5.69 Å². The molecule has 1 fully saturated rings. The average Bonchev–Trinajstić information content (AvgIpc) is 2.30. The predicted octanol–water partition coefficient (Wildman–Crippen LogP) is -3.12. The first-order chi connectivity index (χ1) is 8.09. The SMILES string of the molecule is Clc1ccc(N2CCNCC2)cc1.NC(=S)[S-].O.O.[Na+]. The molecule has 1 aliphatic rings. The number of hydrogen-bond donors (Lipinski definition) is 2. The van der Waals surface area contributed by atoms with Crippen LogP contribution in [0.15, 0.2) is 24.3 Å². The summed E-state index contributed by atoms with van der Waals surface area (Å²) >= 11 is 14.1. The predicted molar refractivity (Wildman–Crippen MR) is 87.9 cm³/mol. The molecule has 1 saturated heterocycles. The molecule has 1 aromatic rings. The summed E-state index contributed by atoms with van der Waals surface area (Å²) < 4.78 is 0.0833. The smallest absolute Gasteiger partial charge is 0.415 e. The first-order valence-corrected chi connectivity index (χ1v) is 6.46. The molecule has 0 amide bonds. The van der Waals surface area contributed by atoms with E-state index in [-0.39, 0.29) is 44.8 Å². The van der Waals surface area contributed by atoms with Crippen molar-refractivity contribution in [1.29, 1.82) is 0 Å². The summed E-state index contributed by atoms with van der Waals surface area (Å²) in [7, 11) is 0. The van der Waals surface area contributed by atoms with Crippen LogP contribution in [0.1, 0.15) is 0 Å². The number of rotatable bonds is 1. The minimum atomic E-state index is 0. The molecule has 2 rings (SSSR count). The third-order valence-electron chi connectivity index (χ3n) is 2.31. The molecule has 1 heterocycles. The zero-order valence-corrected chi connectivity index (χ0v) is 15.7. The molecule has 0 atom stereocenters. The van der Waals surface area contributed by atoms with Crippen molar-refractivity contribution in [2.75, 3.05) is 31.1 Å². The monoisotopic (exact) mass is 347 g/mol. The van der Waals surface area contributed by atoms with Gasteiger partial charge in [0.15, 0.2) is 0 Å². The average molecular weight is 348 g/mol. The molecule has 9 heteroatoms. The van der Waals surface area contributed by atoms with Crippen molar-refractivity contribution in [3.05, 3.63) is 29.3 Å². The van der Waals surface area contributed by atoms with Gasteiger partial charge in [-0.15, -0.1) is 0 Å². The number of nitrogens with two attached hydrogens (primary N) is 1. The van der Waals surface area contributed by atoms with Gasteiger partial charge in [0.05, 0.1) is 0 Å². The zero-order valence-electron chi connectivity index (χ0n) is 11.4. The summed E-state index contributed by atoms with van der Waals surface area (Å²) in [5.41, 5.74) is 5.93. The number of thiocarbonyl (C=S) groups is 1. The third kappa shape index (κ3) is 11.0. The maximum Gasteiger partial charge on any atom is 1.00 e. The van der Waals surface area contributed by atoms with Gasteiger partial charge in [-0.3, -0.25) is 0 Å². The Morgan fingerprint density at radius 3 is 2.00 bits per heavy atom. The number of halogens is 1. The molecule has 7 N–H and O–H groups in total. The summed E-state index contributed by atoms with van der Waals surface area (Å²) in [4.78, 5) is 2.37. The van der Waals surface area contributed by atoms with Gasteiger partial charge in [0.1, 0.15) is 0 Å². The van der Waals surface area contributed by atoms with Gasteiger partial charge in [-0.25, -0.2) is 0 Å². The molecule has 0 bridgehead atoms. The maximum atomic E-state index is 5.82. The van der Waals surface area contributed by atoms with Crippen LogP contribution in [0.25, 0.3) is 0 Å². The number of nitrogens with zero attached hydrogens (tertiary/aromatic N) is 1. The molecule has 0 unspecified atom stereocenters. The van der Waals surface area contributed by atoms with Gasteiger partial charge >= 0.3 is 29.6 Å². The van der Waals surface area contributed by atoms with Gasteiger partial charge in [-0.1, -0.05) is 15.9 Å². The molecule has 0 radical (unpaired) electrons. The summed E-state index contributed by atoms with van der Waals surface area (Å²) in [5, 5.41) is 4.13. The van der Waals surface area contributed by atoms with Crippen molar-refractivity contribution in [1.82, 2.24) is 5.32 Å². The fourth-order valence-electron chi connectivity index (χ4n) is 1.57. The Morgan fingerprint density at radius 2 is 1.60 bits per heavy atom. The molecular formula is C11H19ClN3NaO2S2. The van der Waals surface area contributed by atoms with Gasteiger partial charge in [-0.05, 0) is 24.3 Å². The Morgan fingerprint density at radius 1 is 1.20 bits per heavy atom. The van der Waals surface area contributed by atoms with E-state index in [0.717, 1.165) is 31.2 Å². The Balaban J connectivity index is -0.000000372. The second-order valence-corrected chi connectivity index (χ2v) is 5.11. The van der Waals surface area contributed by atoms with E-state index in [0.29, 0.717) is 0 Å². The fourth-order valence-corrected chi connectivity index (χ4v) is 1.70. The van der Waals surface area contributed by atoms with E-state index in [9.17, 15) is 0 Å². The molecule has 0 aliphatic carbocycles. The van der Waals surface area contributed by atoms with E-state index in [2.05, 4.69) is 52.9 Å². The summed E-state index contributed by atoms with van der Waals surface area (Å²) in [6, 6.07) is 8.04. The molecule has 0 saturated carbocycles. The van der Waals surface area contributed by atoms with Gasteiger partial charge in [0.25, 0.3) is 0 Å². The third-order valence-corrected chi connectivity index (χ3v) is 2.56. The molecule has 0 spiro atoms. The number of piperazine rings is 1. The Labute approximate surface area is 157 Å². The van der Waals surface area contributed by atoms with Crippen molar-refractivity contribution in [2.24, 2.45) is 5.73 Å². The molecule has 1 aromatic carbocycles. The van der Waals surface area contributed by atoms with Crippen molar-refractivity contribution >= 4 is 46.5 Å². The van der Waals surface area contributed by atoms with Crippen LogP contribution in [0.3, 0.4) is 0 Å². The maximum absolute atomic E-state index is 5.82. The van der Waals surface area contributed by atoms with E-state index in [1.54, 1.807) is 0 Å². The van der Waals surface area contributed by atoms with Crippen molar-refractivity contribution in [3.63, 3.8) is 0 Å². The van der Waals surface area contributed by atoms with Crippen molar-refractivity contribution in [3.8, 4) is 0 Å². The normalized spacial score (nSPS) is 12.6. The van der Waals surface area contributed by atoms with Crippen LogP contribution < -0.4 is 45.5 Å². The minimum Gasteiger partial charge on any atom is -0.415 e. The van der Waals surface area contributed by atoms with Crippen LogP contribution >= 0.6 is 23.8 Å². The number of benzene rings is 1. The van der Waals surface area contributed by atoms with Crippen LogP contribution in [0.5, 0.6) is 0 Å². The molecule has 5 nitrogen and oxygen atoms in total. The largest absolute Gasteiger partial charge is 1.00 e. The number of hydrogen-bond acceptors (Lipinski definition) is 4. The standard InChI is InChI=1S/C10H13ClN2.CH3NS2.Na.2H2O/c11-9-1-3-10(4-2-9)13-7-5-12-6-8-13;2-1(3)4;;;/h1-4,12H,5-8H2;(H3,2,3,4);;2*1H2/q;;+1;;/p-1. The van der Waals surface area contributed by atoms with Crippen LogP contribution in [-0.4, -0.2) is 41.5 Å². The number of nitrogens with one attached hydrogen (secondary N) is 1. The van der Waals surface area contributed by atoms with Crippen molar-refractivity contribution in [2.45, 2.75) is 0 Å². The quantitative estimate of drug-likeness (QED) is 0.318. The van der Waals surface area contributed by atoms with Crippen LogP contribution in [0, 0.1) is 0 Å². The van der Waals surface area contributed by atoms with E-state index in [4.69, 9.17) is 11.6 Å². The van der Waals surface area contributed by atoms with Gasteiger partial charge in [0.2, 0.25) is 0 Å². The molecule has 0 aromatic heterocycles. The van der Waals surface area contributed by atoms with E-state index in [1.807, 2.05) is 12.1 Å². The van der Waals surface area contributed by atoms with Crippen LogP contribution in [0.2, 0.25) is 5.02 Å². The van der Waals surface area contributed by atoms with Crippen molar-refractivity contribution < 1.29 is 40.5 Å². The Kier molecular flexibility index (Phi) is 18.0. The van der Waals surface area contributed by atoms with E-state index < -0.39 is 0 Å². The summed E-state index contributed by atoms with van der Waals surface area (Å²) in [6.07, 6.45) is 0. The molecule has 1 aliphatic heterocycles. The zero-order chi connectivity index (χ0) is 12.7. The summed E-state index contributed by atoms with van der Waals surface area (Å²) in [5.74, 6) is 0. The minimum absolute atomic E-state index is 0. The first kappa shape index (κ1) is 25.3. The van der Waals surface area contributed by atoms with Gasteiger partial charge in [-0.2, -0.15) is 0 Å². The van der Waals surface area contributed by atoms with Crippen LogP contribution in [-0.2, 0) is 12.6 Å². The molecule has 20 heavy (non-hydrogen) atoms. The number of anilines is 1. The second-order valence-electron chi connectivity index (χ2n) is 3.53. The molecule has 110 valence electrons. The second kappa shape index (κ2) is 14.2. The summed E-state index contributed by atoms with van der Waals surface area (Å²) in [6.45, 7) is 4.31. The van der Waals surface area contributed by atoms with E-state index >= 15 is 0 Å².